The van der Waals surface area contributed by atoms with E-state index in [-0.39, 0.29) is 36.1 Å². The normalized spacial score (nSPS) is 20.7. The molecule has 0 bridgehead atoms. The number of carbonyl (C=O) groups excluding carboxylic acids is 1. The van der Waals surface area contributed by atoms with Crippen LogP contribution in [0.4, 0.5) is 11.8 Å². The standard InChI is InChI=1S/C26H28N6O7/c1-37-19(34)12-38-17-9-15(14-5-3-2-4-6-14)7-8-16(17)10-28-26-31-20-23(27)29-13-30-24(20)32(26)25-22(36)21(35)18(11-33)39-25/h2-9,13,18,21-22,25,33,35-36H,10-12H2,1H3,(H,28,31)(H2,27,29,30)/t18-,21-,22-,25-/m1/s1. The highest BCUT2D eigenvalue weighted by Gasteiger charge is 2.45. The van der Waals surface area contributed by atoms with Crippen molar-refractivity contribution in [3.8, 4) is 16.9 Å². The molecular weight excluding hydrogens is 508 g/mol. The van der Waals surface area contributed by atoms with Crippen LogP contribution in [0.3, 0.4) is 0 Å². The molecule has 39 heavy (non-hydrogen) atoms. The minimum Gasteiger partial charge on any atom is -0.482 e. The maximum absolute atomic E-state index is 11.8. The van der Waals surface area contributed by atoms with Crippen molar-refractivity contribution in [2.45, 2.75) is 31.1 Å². The fraction of sp³-hybridized carbons (Fsp3) is 0.308. The molecule has 5 rings (SSSR count). The number of imidazole rings is 1. The van der Waals surface area contributed by atoms with Gasteiger partial charge in [-0.05, 0) is 17.2 Å². The maximum Gasteiger partial charge on any atom is 0.343 e. The number of hydrogen-bond acceptors (Lipinski definition) is 12. The summed E-state index contributed by atoms with van der Waals surface area (Å²) in [4.78, 5) is 24.5. The Balaban J connectivity index is 1.49. The molecule has 0 saturated carbocycles. The van der Waals surface area contributed by atoms with Crippen molar-refractivity contribution in [3.63, 3.8) is 0 Å². The lowest BCUT2D eigenvalue weighted by Crippen LogP contribution is -2.33. The van der Waals surface area contributed by atoms with Crippen molar-refractivity contribution < 1.29 is 34.3 Å². The van der Waals surface area contributed by atoms with Gasteiger partial charge < -0.3 is 40.6 Å². The average molecular weight is 537 g/mol. The number of rotatable bonds is 9. The van der Waals surface area contributed by atoms with Gasteiger partial charge in [0.25, 0.3) is 0 Å². The molecule has 2 aromatic carbocycles. The lowest BCUT2D eigenvalue weighted by Gasteiger charge is -2.20. The number of methoxy groups -OCH3 is 1. The van der Waals surface area contributed by atoms with Crippen molar-refractivity contribution in [1.29, 1.82) is 0 Å². The van der Waals surface area contributed by atoms with E-state index in [1.807, 2.05) is 48.5 Å². The molecule has 1 aliphatic heterocycles. The summed E-state index contributed by atoms with van der Waals surface area (Å²) in [6.07, 6.45) is -3.57. The molecule has 0 aliphatic carbocycles. The second-order valence-corrected chi connectivity index (χ2v) is 8.87. The second-order valence-electron chi connectivity index (χ2n) is 8.87. The van der Waals surface area contributed by atoms with Crippen molar-refractivity contribution in [3.05, 3.63) is 60.4 Å². The van der Waals surface area contributed by atoms with Crippen LogP contribution in [0.2, 0.25) is 0 Å². The van der Waals surface area contributed by atoms with Crippen LogP contribution in [-0.4, -0.2) is 79.4 Å². The van der Waals surface area contributed by atoms with Crippen LogP contribution in [0, 0.1) is 0 Å². The zero-order valence-corrected chi connectivity index (χ0v) is 21.0. The van der Waals surface area contributed by atoms with Crippen molar-refractivity contribution in [1.82, 2.24) is 19.5 Å². The van der Waals surface area contributed by atoms with Crippen molar-refractivity contribution >= 4 is 28.9 Å². The van der Waals surface area contributed by atoms with E-state index in [1.165, 1.54) is 18.0 Å². The van der Waals surface area contributed by atoms with E-state index in [1.54, 1.807) is 0 Å². The highest BCUT2D eigenvalue weighted by molar-refractivity contribution is 5.84. The van der Waals surface area contributed by atoms with E-state index in [0.717, 1.165) is 11.1 Å². The number of ether oxygens (including phenoxy) is 3. The van der Waals surface area contributed by atoms with E-state index in [9.17, 15) is 20.1 Å². The van der Waals surface area contributed by atoms with Crippen LogP contribution in [-0.2, 0) is 20.8 Å². The number of fused-ring (bicyclic) bond motifs is 1. The van der Waals surface area contributed by atoms with Crippen LogP contribution in [0.1, 0.15) is 11.8 Å². The van der Waals surface area contributed by atoms with Gasteiger partial charge in [-0.2, -0.15) is 0 Å². The Bertz CT molecular complexity index is 1460. The Morgan fingerprint density at radius 2 is 1.92 bits per heavy atom. The molecule has 6 N–H and O–H groups in total. The van der Waals surface area contributed by atoms with Crippen LogP contribution in [0.15, 0.2) is 54.9 Å². The average Bonchev–Trinajstić information content (AvgIpc) is 3.48. The molecule has 0 unspecified atom stereocenters. The summed E-state index contributed by atoms with van der Waals surface area (Å²) in [6.45, 7) is -0.595. The number of carbonyl (C=O) groups is 1. The molecule has 3 heterocycles. The predicted octanol–water partition coefficient (Wildman–Crippen LogP) is 0.851. The number of nitrogens with one attached hydrogen (secondary N) is 1. The van der Waals surface area contributed by atoms with E-state index in [2.05, 4.69) is 20.3 Å². The molecule has 4 atom stereocenters. The third-order valence-electron chi connectivity index (χ3n) is 6.46. The van der Waals surface area contributed by atoms with Gasteiger partial charge in [0.05, 0.1) is 13.7 Å². The van der Waals surface area contributed by atoms with Gasteiger partial charge in [-0.1, -0.05) is 42.5 Å². The van der Waals surface area contributed by atoms with Crippen LogP contribution >= 0.6 is 0 Å². The predicted molar refractivity (Wildman–Crippen MR) is 139 cm³/mol. The number of aliphatic hydroxyl groups is 3. The first-order valence-corrected chi connectivity index (χ1v) is 12.1. The van der Waals surface area contributed by atoms with Gasteiger partial charge in [-0.3, -0.25) is 4.57 Å². The lowest BCUT2D eigenvalue weighted by molar-refractivity contribution is -0.142. The summed E-state index contributed by atoms with van der Waals surface area (Å²) in [5.74, 6) is 0.254. The minimum absolute atomic E-state index is 0.114. The molecule has 1 aliphatic rings. The van der Waals surface area contributed by atoms with Crippen molar-refractivity contribution in [2.75, 3.05) is 31.4 Å². The SMILES string of the molecule is COC(=O)COc1cc(-c2ccccc2)ccc1CNc1nc2c(N)ncnc2n1[C@@H]1O[C@H](CO)[C@@H](O)[C@H]1O. The minimum atomic E-state index is -1.37. The number of benzene rings is 2. The molecule has 4 aromatic rings. The Morgan fingerprint density at radius 1 is 1.13 bits per heavy atom. The number of anilines is 2. The number of nitrogens with zero attached hydrogens (tertiary/aromatic N) is 4. The largest absolute Gasteiger partial charge is 0.482 e. The van der Waals surface area contributed by atoms with E-state index in [0.29, 0.717) is 11.3 Å². The smallest absolute Gasteiger partial charge is 0.343 e. The molecule has 13 nitrogen and oxygen atoms in total. The van der Waals surface area contributed by atoms with E-state index < -0.39 is 37.1 Å². The molecule has 1 saturated heterocycles. The number of nitrogen functional groups attached to an aromatic ring is 1. The third kappa shape index (κ3) is 5.20. The Morgan fingerprint density at radius 3 is 2.64 bits per heavy atom. The van der Waals surface area contributed by atoms with Gasteiger partial charge in [0, 0.05) is 12.1 Å². The summed E-state index contributed by atoms with van der Waals surface area (Å²) < 4.78 is 17.7. The topological polar surface area (TPSA) is 187 Å². The third-order valence-corrected chi connectivity index (χ3v) is 6.46. The number of hydrogen-bond donors (Lipinski definition) is 5. The summed E-state index contributed by atoms with van der Waals surface area (Å²) in [6, 6.07) is 15.3. The Kier molecular flexibility index (Phi) is 7.56. The van der Waals surface area contributed by atoms with Crippen LogP contribution in [0.25, 0.3) is 22.3 Å². The summed E-state index contributed by atoms with van der Waals surface area (Å²) >= 11 is 0. The number of nitrogens with two attached hydrogens (primary N) is 1. The Hall–Kier alpha value is -4.30. The van der Waals surface area contributed by atoms with E-state index in [4.69, 9.17) is 19.9 Å². The molecule has 1 fully saturated rings. The van der Waals surface area contributed by atoms with E-state index >= 15 is 0 Å². The van der Waals surface area contributed by atoms with Gasteiger partial charge in [-0.15, -0.1) is 0 Å². The van der Waals surface area contributed by atoms with Gasteiger partial charge >= 0.3 is 5.97 Å². The first-order valence-electron chi connectivity index (χ1n) is 12.1. The highest BCUT2D eigenvalue weighted by atomic mass is 16.6. The molecule has 2 aromatic heterocycles. The fourth-order valence-corrected chi connectivity index (χ4v) is 4.40. The van der Waals surface area contributed by atoms with Crippen molar-refractivity contribution in [2.24, 2.45) is 0 Å². The summed E-state index contributed by atoms with van der Waals surface area (Å²) in [5, 5.41) is 33.8. The Labute approximate surface area is 222 Å². The first kappa shape index (κ1) is 26.3. The number of aliphatic hydroxyl groups excluding tert-OH is 3. The zero-order valence-electron chi connectivity index (χ0n) is 21.0. The molecule has 204 valence electrons. The van der Waals surface area contributed by atoms with Crippen LogP contribution < -0.4 is 15.8 Å². The first-order chi connectivity index (χ1) is 18.9. The quantitative estimate of drug-likeness (QED) is 0.190. The highest BCUT2D eigenvalue weighted by Crippen LogP contribution is 2.36. The molecule has 13 heteroatoms. The van der Waals surface area contributed by atoms with Gasteiger partial charge in [0.1, 0.15) is 30.4 Å². The van der Waals surface area contributed by atoms with Gasteiger partial charge in [-0.25, -0.2) is 19.7 Å². The van der Waals surface area contributed by atoms with Crippen LogP contribution in [0.5, 0.6) is 5.75 Å². The lowest BCUT2D eigenvalue weighted by atomic mass is 10.0. The second kappa shape index (κ2) is 11.2. The van der Waals surface area contributed by atoms with Gasteiger partial charge in [0.15, 0.2) is 29.8 Å². The molecular formula is C26H28N6O7. The summed E-state index contributed by atoms with van der Waals surface area (Å²) in [7, 11) is 1.28. The van der Waals surface area contributed by atoms with Gasteiger partial charge in [0.2, 0.25) is 5.95 Å². The molecule has 0 spiro atoms. The summed E-state index contributed by atoms with van der Waals surface area (Å²) in [5.41, 5.74) is 9.11. The molecule has 0 amide bonds. The monoisotopic (exact) mass is 536 g/mol. The maximum atomic E-state index is 11.8. The fourth-order valence-electron chi connectivity index (χ4n) is 4.40. The molecule has 0 radical (unpaired) electrons. The number of aromatic nitrogens is 4. The zero-order chi connectivity index (χ0) is 27.5. The number of esters is 1.